The van der Waals surface area contributed by atoms with Crippen molar-refractivity contribution in [2.24, 2.45) is 5.73 Å². The van der Waals surface area contributed by atoms with Crippen molar-refractivity contribution in [3.63, 3.8) is 0 Å². The fourth-order valence-electron chi connectivity index (χ4n) is 1.66. The number of nitrogens with one attached hydrogen (secondary N) is 2. The molecule has 0 fully saturated rings. The van der Waals surface area contributed by atoms with Crippen molar-refractivity contribution in [1.29, 1.82) is 0 Å². The number of nitrogens with two attached hydrogens (primary N) is 1. The number of rotatable bonds is 7. The molecule has 120 valence electrons. The summed E-state index contributed by atoms with van der Waals surface area (Å²) in [6.45, 7) is 1.46. The molecule has 0 spiro atoms. The molecular formula is C14H19N3O5. The van der Waals surface area contributed by atoms with Gasteiger partial charge in [0, 0.05) is 6.42 Å². The number of aliphatic hydroxyl groups excluding tert-OH is 1. The molecule has 0 bridgehead atoms. The Bertz CT molecular complexity index is 533. The van der Waals surface area contributed by atoms with Gasteiger partial charge in [0.2, 0.25) is 18.0 Å². The van der Waals surface area contributed by atoms with Crippen molar-refractivity contribution in [3.05, 3.63) is 35.9 Å². The van der Waals surface area contributed by atoms with Crippen LogP contribution in [0.5, 0.6) is 0 Å². The van der Waals surface area contributed by atoms with Crippen LogP contribution in [0.3, 0.4) is 0 Å². The van der Waals surface area contributed by atoms with Crippen LogP contribution < -0.4 is 16.4 Å². The van der Waals surface area contributed by atoms with Gasteiger partial charge in [-0.2, -0.15) is 0 Å². The topological polar surface area (TPSA) is 142 Å². The van der Waals surface area contributed by atoms with Crippen LogP contribution in [0.1, 0.15) is 12.5 Å². The monoisotopic (exact) mass is 309 g/mol. The van der Waals surface area contributed by atoms with Gasteiger partial charge < -0.3 is 26.6 Å². The Labute approximate surface area is 127 Å². The molecular weight excluding hydrogens is 290 g/mol. The number of hydrogen-bond acceptors (Lipinski definition) is 5. The van der Waals surface area contributed by atoms with E-state index >= 15 is 0 Å². The van der Waals surface area contributed by atoms with Gasteiger partial charge in [0.15, 0.2) is 0 Å². The molecule has 0 heterocycles. The fourth-order valence-corrected chi connectivity index (χ4v) is 1.66. The van der Waals surface area contributed by atoms with E-state index in [1.54, 1.807) is 30.3 Å². The van der Waals surface area contributed by atoms with Crippen LogP contribution in [0.25, 0.3) is 0 Å². The van der Waals surface area contributed by atoms with Crippen LogP contribution in [-0.2, 0) is 20.8 Å². The van der Waals surface area contributed by atoms with E-state index in [0.717, 1.165) is 5.56 Å². The molecule has 1 unspecified atom stereocenters. The summed E-state index contributed by atoms with van der Waals surface area (Å²) in [5, 5.41) is 22.1. The zero-order valence-electron chi connectivity index (χ0n) is 12.0. The largest absolute Gasteiger partial charge is 0.478 e. The number of carboxylic acids is 1. The minimum absolute atomic E-state index is 0.136. The highest BCUT2D eigenvalue weighted by Gasteiger charge is 2.26. The maximum atomic E-state index is 12.0. The maximum absolute atomic E-state index is 12.0. The van der Waals surface area contributed by atoms with Crippen LogP contribution in [-0.4, -0.2) is 46.3 Å². The molecule has 2 amide bonds. The van der Waals surface area contributed by atoms with Crippen molar-refractivity contribution >= 4 is 17.8 Å². The summed E-state index contributed by atoms with van der Waals surface area (Å²) in [6, 6.07) is 6.98. The Morgan fingerprint density at radius 2 is 1.73 bits per heavy atom. The summed E-state index contributed by atoms with van der Waals surface area (Å²) in [6.07, 6.45) is -1.91. The maximum Gasteiger partial charge on any atom is 0.353 e. The lowest BCUT2D eigenvalue weighted by molar-refractivity contribution is -0.151. The van der Waals surface area contributed by atoms with Gasteiger partial charge in [-0.3, -0.25) is 9.59 Å². The van der Waals surface area contributed by atoms with Gasteiger partial charge in [0.1, 0.15) is 6.04 Å². The number of carbonyl (C=O) groups excluding carboxylic acids is 2. The molecule has 1 aromatic carbocycles. The minimum Gasteiger partial charge on any atom is -0.478 e. The third-order valence-corrected chi connectivity index (χ3v) is 2.84. The Kier molecular flexibility index (Phi) is 6.48. The third-order valence-electron chi connectivity index (χ3n) is 2.84. The molecule has 0 aliphatic rings. The number of hydrogen-bond donors (Lipinski definition) is 5. The van der Waals surface area contributed by atoms with E-state index in [-0.39, 0.29) is 6.42 Å². The highest BCUT2D eigenvalue weighted by molar-refractivity contribution is 5.91. The highest BCUT2D eigenvalue weighted by Crippen LogP contribution is 2.04. The first-order valence-corrected chi connectivity index (χ1v) is 6.62. The standard InChI is InChI=1S/C14H19N3O5/c1-8(15)11(18)16-10(7-9-5-3-2-4-6-9)12(19)17-13(20)14(21)22/h2-6,8,10,13,20H,7,15H2,1H3,(H,16,18)(H,17,19)(H,21,22)/t8-,10-,13?/m0/s1. The van der Waals surface area contributed by atoms with E-state index in [1.165, 1.54) is 6.92 Å². The zero-order valence-corrected chi connectivity index (χ0v) is 12.0. The van der Waals surface area contributed by atoms with E-state index in [1.807, 2.05) is 5.32 Å². The first kappa shape index (κ1) is 17.6. The second-order valence-corrected chi connectivity index (χ2v) is 4.79. The molecule has 8 nitrogen and oxygen atoms in total. The van der Waals surface area contributed by atoms with Crippen molar-refractivity contribution in [3.8, 4) is 0 Å². The van der Waals surface area contributed by atoms with Crippen molar-refractivity contribution in [2.75, 3.05) is 0 Å². The van der Waals surface area contributed by atoms with E-state index in [9.17, 15) is 19.5 Å². The average Bonchev–Trinajstić information content (AvgIpc) is 2.47. The predicted octanol–water partition coefficient (Wildman–Crippen LogP) is -1.42. The van der Waals surface area contributed by atoms with Crippen molar-refractivity contribution in [1.82, 2.24) is 10.6 Å². The normalized spacial score (nSPS) is 14.5. The minimum atomic E-state index is -2.04. The quantitative estimate of drug-likeness (QED) is 0.391. The van der Waals surface area contributed by atoms with Gasteiger partial charge in [-0.1, -0.05) is 30.3 Å². The highest BCUT2D eigenvalue weighted by atomic mass is 16.4. The summed E-state index contributed by atoms with van der Waals surface area (Å²) in [4.78, 5) is 34.3. The molecule has 0 saturated carbocycles. The Morgan fingerprint density at radius 3 is 2.23 bits per heavy atom. The van der Waals surface area contributed by atoms with Gasteiger partial charge in [0.25, 0.3) is 0 Å². The lowest BCUT2D eigenvalue weighted by Crippen LogP contribution is -2.54. The molecule has 3 atom stereocenters. The number of carboxylic acid groups (broad SMARTS) is 1. The van der Waals surface area contributed by atoms with Crippen molar-refractivity contribution < 1.29 is 24.6 Å². The van der Waals surface area contributed by atoms with Gasteiger partial charge in [-0.05, 0) is 12.5 Å². The molecule has 1 aromatic rings. The van der Waals surface area contributed by atoms with Crippen LogP contribution >= 0.6 is 0 Å². The second-order valence-electron chi connectivity index (χ2n) is 4.79. The van der Waals surface area contributed by atoms with Crippen molar-refractivity contribution in [2.45, 2.75) is 31.7 Å². The van der Waals surface area contributed by atoms with E-state index in [0.29, 0.717) is 0 Å². The molecule has 0 aliphatic carbocycles. The molecule has 8 heteroatoms. The van der Waals surface area contributed by atoms with E-state index in [2.05, 4.69) is 5.32 Å². The Balaban J connectivity index is 2.83. The fraction of sp³-hybridized carbons (Fsp3) is 0.357. The molecule has 0 aliphatic heterocycles. The summed E-state index contributed by atoms with van der Waals surface area (Å²) < 4.78 is 0. The van der Waals surface area contributed by atoms with Crippen LogP contribution in [0.2, 0.25) is 0 Å². The molecule has 1 rings (SSSR count). The number of aliphatic carboxylic acids is 1. The van der Waals surface area contributed by atoms with Crippen LogP contribution in [0, 0.1) is 0 Å². The average molecular weight is 309 g/mol. The van der Waals surface area contributed by atoms with E-state index in [4.69, 9.17) is 10.8 Å². The van der Waals surface area contributed by atoms with Gasteiger partial charge in [-0.25, -0.2) is 4.79 Å². The molecule has 0 radical (unpaired) electrons. The lowest BCUT2D eigenvalue weighted by atomic mass is 10.0. The lowest BCUT2D eigenvalue weighted by Gasteiger charge is -2.20. The first-order chi connectivity index (χ1) is 10.3. The Hall–Kier alpha value is -2.45. The summed E-state index contributed by atoms with van der Waals surface area (Å²) in [5.41, 5.74) is 6.20. The first-order valence-electron chi connectivity index (χ1n) is 6.62. The Morgan fingerprint density at radius 1 is 1.14 bits per heavy atom. The van der Waals surface area contributed by atoms with Gasteiger partial charge in [0.05, 0.1) is 6.04 Å². The van der Waals surface area contributed by atoms with E-state index < -0.39 is 36.1 Å². The van der Waals surface area contributed by atoms with Crippen LogP contribution in [0.4, 0.5) is 0 Å². The smallest absolute Gasteiger partial charge is 0.353 e. The summed E-state index contributed by atoms with van der Waals surface area (Å²) >= 11 is 0. The SMILES string of the molecule is C[C@H](N)C(=O)N[C@@H](Cc1ccccc1)C(=O)NC(O)C(=O)O. The third kappa shape index (κ3) is 5.51. The second kappa shape index (κ2) is 8.11. The zero-order chi connectivity index (χ0) is 16.7. The van der Waals surface area contributed by atoms with Crippen LogP contribution in [0.15, 0.2) is 30.3 Å². The number of amides is 2. The molecule has 22 heavy (non-hydrogen) atoms. The number of benzene rings is 1. The summed E-state index contributed by atoms with van der Waals surface area (Å²) in [5.74, 6) is -2.96. The predicted molar refractivity (Wildman–Crippen MR) is 77.5 cm³/mol. The van der Waals surface area contributed by atoms with Gasteiger partial charge >= 0.3 is 5.97 Å². The number of carbonyl (C=O) groups is 3. The molecule has 0 aromatic heterocycles. The summed E-state index contributed by atoms with van der Waals surface area (Å²) in [7, 11) is 0. The molecule has 6 N–H and O–H groups in total. The number of aliphatic hydroxyl groups is 1. The molecule has 0 saturated heterocycles. The van der Waals surface area contributed by atoms with Gasteiger partial charge in [-0.15, -0.1) is 0 Å².